The molecule has 2 aromatic rings. The number of H-pyrrole nitrogens is 1. The summed E-state index contributed by atoms with van der Waals surface area (Å²) in [7, 11) is 0. The van der Waals surface area contributed by atoms with Crippen LogP contribution in [-0.2, 0) is 0 Å². The second-order valence-corrected chi connectivity index (χ2v) is 3.05. The summed E-state index contributed by atoms with van der Waals surface area (Å²) in [5.74, 6) is 2.26. The summed E-state index contributed by atoms with van der Waals surface area (Å²) in [5.41, 5.74) is 1.01. The Morgan fingerprint density at radius 1 is 1.29 bits per heavy atom. The lowest BCUT2D eigenvalue weighted by Gasteiger charge is -2.00. The van der Waals surface area contributed by atoms with Crippen LogP contribution in [0.2, 0.25) is 0 Å². The first-order valence-corrected chi connectivity index (χ1v) is 4.33. The van der Waals surface area contributed by atoms with Crippen LogP contribution in [0.1, 0.15) is 11.5 Å². The monoisotopic (exact) mass is 189 g/mol. The van der Waals surface area contributed by atoms with Gasteiger partial charge in [-0.3, -0.25) is 5.10 Å². The number of anilines is 2. The van der Waals surface area contributed by atoms with Crippen molar-refractivity contribution in [2.24, 2.45) is 0 Å². The van der Waals surface area contributed by atoms with Gasteiger partial charge in [-0.25, -0.2) is 9.97 Å². The van der Waals surface area contributed by atoms with Crippen LogP contribution < -0.4 is 5.32 Å². The lowest BCUT2D eigenvalue weighted by molar-refractivity contribution is 1.03. The minimum atomic E-state index is 0.738. The van der Waals surface area contributed by atoms with E-state index in [4.69, 9.17) is 0 Å². The van der Waals surface area contributed by atoms with Gasteiger partial charge in [0.15, 0.2) is 5.82 Å². The van der Waals surface area contributed by atoms with Crippen molar-refractivity contribution in [3.63, 3.8) is 0 Å². The Balaban J connectivity index is 2.18. The Bertz CT molecular complexity index is 434. The summed E-state index contributed by atoms with van der Waals surface area (Å²) in [4.78, 5) is 8.21. The second-order valence-electron chi connectivity index (χ2n) is 3.05. The molecular weight excluding hydrogens is 178 g/mol. The lowest BCUT2D eigenvalue weighted by atomic mass is 10.4. The molecule has 0 aromatic carbocycles. The molecule has 5 heteroatoms. The quantitative estimate of drug-likeness (QED) is 0.752. The third-order valence-corrected chi connectivity index (χ3v) is 1.74. The van der Waals surface area contributed by atoms with Crippen molar-refractivity contribution in [1.82, 2.24) is 20.2 Å². The van der Waals surface area contributed by atoms with Crippen LogP contribution in [0.25, 0.3) is 0 Å². The molecule has 0 saturated heterocycles. The summed E-state index contributed by atoms with van der Waals surface area (Å²) in [6, 6.07) is 3.72. The van der Waals surface area contributed by atoms with Crippen LogP contribution in [0.3, 0.4) is 0 Å². The summed E-state index contributed by atoms with van der Waals surface area (Å²) in [5, 5.41) is 9.96. The molecule has 2 aromatic heterocycles. The maximum atomic E-state index is 4.20. The molecule has 0 unspecified atom stereocenters. The van der Waals surface area contributed by atoms with Crippen LogP contribution in [0.15, 0.2) is 18.3 Å². The first-order valence-electron chi connectivity index (χ1n) is 4.33. The van der Waals surface area contributed by atoms with Crippen molar-refractivity contribution < 1.29 is 0 Å². The molecule has 5 nitrogen and oxygen atoms in total. The number of nitrogens with zero attached hydrogens (tertiary/aromatic N) is 3. The van der Waals surface area contributed by atoms with E-state index in [1.807, 2.05) is 19.9 Å². The molecular formula is C9H11N5. The fraction of sp³-hybridized carbons (Fsp3) is 0.222. The van der Waals surface area contributed by atoms with Gasteiger partial charge in [0.25, 0.3) is 0 Å². The first kappa shape index (κ1) is 8.68. The second kappa shape index (κ2) is 3.45. The van der Waals surface area contributed by atoms with Crippen LogP contribution in [-0.4, -0.2) is 20.2 Å². The van der Waals surface area contributed by atoms with Gasteiger partial charge in [-0.2, -0.15) is 5.10 Å². The van der Waals surface area contributed by atoms with E-state index in [0.29, 0.717) is 0 Å². The highest BCUT2D eigenvalue weighted by atomic mass is 15.2. The van der Waals surface area contributed by atoms with Crippen molar-refractivity contribution >= 4 is 11.6 Å². The zero-order valence-corrected chi connectivity index (χ0v) is 8.07. The maximum absolute atomic E-state index is 4.20. The van der Waals surface area contributed by atoms with Gasteiger partial charge in [0, 0.05) is 18.0 Å². The van der Waals surface area contributed by atoms with Gasteiger partial charge >= 0.3 is 0 Å². The molecule has 0 atom stereocenters. The van der Waals surface area contributed by atoms with E-state index in [1.165, 1.54) is 0 Å². The number of aromatic amines is 1. The van der Waals surface area contributed by atoms with Crippen molar-refractivity contribution in [1.29, 1.82) is 0 Å². The smallest absolute Gasteiger partial charge is 0.153 e. The van der Waals surface area contributed by atoms with Gasteiger partial charge in [0.1, 0.15) is 11.6 Å². The van der Waals surface area contributed by atoms with E-state index in [2.05, 4.69) is 25.5 Å². The third kappa shape index (κ3) is 1.87. The van der Waals surface area contributed by atoms with Gasteiger partial charge in [-0.1, -0.05) is 0 Å². The van der Waals surface area contributed by atoms with Crippen LogP contribution >= 0.6 is 0 Å². The van der Waals surface area contributed by atoms with Crippen LogP contribution in [0, 0.1) is 13.8 Å². The zero-order valence-electron chi connectivity index (χ0n) is 8.07. The van der Waals surface area contributed by atoms with Gasteiger partial charge in [0.2, 0.25) is 0 Å². The fourth-order valence-electron chi connectivity index (χ4n) is 1.14. The summed E-state index contributed by atoms with van der Waals surface area (Å²) in [6.45, 7) is 3.80. The number of aromatic nitrogens is 4. The molecule has 0 aliphatic heterocycles. The number of nitrogens with one attached hydrogen (secondary N) is 2. The van der Waals surface area contributed by atoms with Crippen molar-refractivity contribution in [3.05, 3.63) is 29.8 Å². The van der Waals surface area contributed by atoms with E-state index in [0.717, 1.165) is 23.2 Å². The molecule has 2 N–H and O–H groups in total. The van der Waals surface area contributed by atoms with Gasteiger partial charge in [0.05, 0.1) is 0 Å². The maximum Gasteiger partial charge on any atom is 0.153 e. The average Bonchev–Trinajstić information content (AvgIpc) is 2.51. The molecule has 0 saturated carbocycles. The van der Waals surface area contributed by atoms with E-state index in [9.17, 15) is 0 Å². The fourth-order valence-corrected chi connectivity index (χ4v) is 1.14. The lowest BCUT2D eigenvalue weighted by Crippen LogP contribution is -1.96. The normalized spacial score (nSPS) is 10.1. The molecule has 0 fully saturated rings. The largest absolute Gasteiger partial charge is 0.323 e. The number of aryl methyl sites for hydroxylation is 2. The SMILES string of the molecule is Cc1nccc(Nc2cc(C)[nH]n2)n1. The molecule has 0 amide bonds. The number of rotatable bonds is 2. The zero-order chi connectivity index (χ0) is 9.97. The third-order valence-electron chi connectivity index (χ3n) is 1.74. The topological polar surface area (TPSA) is 66.5 Å². The van der Waals surface area contributed by atoms with Gasteiger partial charge < -0.3 is 5.32 Å². The summed E-state index contributed by atoms with van der Waals surface area (Å²) < 4.78 is 0. The predicted octanol–water partition coefficient (Wildman–Crippen LogP) is 1.56. The Kier molecular flexibility index (Phi) is 2.14. The van der Waals surface area contributed by atoms with Crippen molar-refractivity contribution in [2.45, 2.75) is 13.8 Å². The molecule has 0 spiro atoms. The van der Waals surface area contributed by atoms with Crippen LogP contribution in [0.5, 0.6) is 0 Å². The predicted molar refractivity (Wildman–Crippen MR) is 53.4 cm³/mol. The van der Waals surface area contributed by atoms with E-state index in [-0.39, 0.29) is 0 Å². The van der Waals surface area contributed by atoms with Crippen LogP contribution in [0.4, 0.5) is 11.6 Å². The average molecular weight is 189 g/mol. The first-order chi connectivity index (χ1) is 6.74. The standard InChI is InChI=1S/C9H11N5/c1-6-5-9(14-13-6)12-8-3-4-10-7(2)11-8/h3-5H,1-2H3,(H2,10,11,12,13,14). The molecule has 0 radical (unpaired) electrons. The highest BCUT2D eigenvalue weighted by Crippen LogP contribution is 2.11. The molecule has 0 aliphatic carbocycles. The van der Waals surface area contributed by atoms with E-state index in [1.54, 1.807) is 12.3 Å². The summed E-state index contributed by atoms with van der Waals surface area (Å²) in [6.07, 6.45) is 1.71. The number of hydrogen-bond donors (Lipinski definition) is 2. The Labute approximate surface area is 81.6 Å². The van der Waals surface area contributed by atoms with E-state index >= 15 is 0 Å². The van der Waals surface area contributed by atoms with Crippen molar-refractivity contribution in [3.8, 4) is 0 Å². The highest BCUT2D eigenvalue weighted by Gasteiger charge is 1.99. The molecule has 14 heavy (non-hydrogen) atoms. The van der Waals surface area contributed by atoms with Gasteiger partial charge in [-0.05, 0) is 19.9 Å². The van der Waals surface area contributed by atoms with Gasteiger partial charge in [-0.15, -0.1) is 0 Å². The Morgan fingerprint density at radius 3 is 2.79 bits per heavy atom. The Morgan fingerprint density at radius 2 is 2.14 bits per heavy atom. The Hall–Kier alpha value is -1.91. The molecule has 0 bridgehead atoms. The number of hydrogen-bond acceptors (Lipinski definition) is 4. The summed E-state index contributed by atoms with van der Waals surface area (Å²) >= 11 is 0. The molecule has 2 heterocycles. The molecule has 0 aliphatic rings. The molecule has 72 valence electrons. The minimum Gasteiger partial charge on any atom is -0.323 e. The van der Waals surface area contributed by atoms with Crippen molar-refractivity contribution in [2.75, 3.05) is 5.32 Å². The van der Waals surface area contributed by atoms with E-state index < -0.39 is 0 Å². The minimum absolute atomic E-state index is 0.738. The molecule has 2 rings (SSSR count). The highest BCUT2D eigenvalue weighted by molar-refractivity contribution is 5.50.